The Kier molecular flexibility index (Phi) is 2.58. The van der Waals surface area contributed by atoms with Crippen molar-refractivity contribution >= 4 is 5.97 Å². The molecule has 0 radical (unpaired) electrons. The van der Waals surface area contributed by atoms with Crippen molar-refractivity contribution in [2.24, 2.45) is 23.7 Å². The van der Waals surface area contributed by atoms with E-state index in [1.54, 1.807) is 0 Å². The molecule has 20 heavy (non-hydrogen) atoms. The Labute approximate surface area is 118 Å². The van der Waals surface area contributed by atoms with Gasteiger partial charge in [0.05, 0.1) is 5.92 Å². The molecule has 2 bridgehead atoms. The van der Waals surface area contributed by atoms with Crippen LogP contribution in [-0.4, -0.2) is 23.6 Å². The van der Waals surface area contributed by atoms with E-state index in [1.807, 2.05) is 13.8 Å². The highest BCUT2D eigenvalue weighted by Gasteiger charge is 2.69. The number of carbonyl (C=O) groups is 1. The van der Waals surface area contributed by atoms with Crippen molar-refractivity contribution in [3.63, 3.8) is 0 Å². The smallest absolute Gasteiger partial charge is 0.311 e. The van der Waals surface area contributed by atoms with Gasteiger partial charge in [-0.2, -0.15) is 0 Å². The molecule has 0 N–H and O–H groups in total. The second-order valence-corrected chi connectivity index (χ2v) is 7.14. The third kappa shape index (κ3) is 1.46. The minimum absolute atomic E-state index is 0.123. The first kappa shape index (κ1) is 13.0. The lowest BCUT2D eigenvalue weighted by Gasteiger charge is -2.57. The topological polar surface area (TPSA) is 54.0 Å². The van der Waals surface area contributed by atoms with Crippen molar-refractivity contribution in [1.82, 2.24) is 0 Å². The molecule has 0 unspecified atom stereocenters. The van der Waals surface area contributed by atoms with Gasteiger partial charge in [-0.05, 0) is 32.1 Å². The second-order valence-electron chi connectivity index (χ2n) is 7.14. The molecule has 112 valence electrons. The number of rotatable bonds is 0. The van der Waals surface area contributed by atoms with Gasteiger partial charge in [0.25, 0.3) is 0 Å². The maximum atomic E-state index is 12.1. The number of fused-ring (bicyclic) bond motifs is 2. The molecule has 0 aromatic heterocycles. The van der Waals surface area contributed by atoms with Crippen LogP contribution in [0.2, 0.25) is 0 Å². The van der Waals surface area contributed by atoms with Gasteiger partial charge < -0.3 is 9.47 Å². The van der Waals surface area contributed by atoms with Gasteiger partial charge >= 0.3 is 5.97 Å². The molecule has 7 atom stereocenters. The molecular weight excluding hydrogens is 260 g/mol. The summed E-state index contributed by atoms with van der Waals surface area (Å²) in [5.41, 5.74) is -0.610. The largest absolute Gasteiger partial charge is 0.432 e. The van der Waals surface area contributed by atoms with Crippen molar-refractivity contribution in [3.8, 4) is 0 Å². The third-order valence-electron chi connectivity index (χ3n) is 5.97. The Morgan fingerprint density at radius 2 is 1.90 bits per heavy atom. The minimum Gasteiger partial charge on any atom is -0.432 e. The van der Waals surface area contributed by atoms with E-state index >= 15 is 0 Å². The molecule has 1 spiro atoms. The highest BCUT2D eigenvalue weighted by Crippen LogP contribution is 2.59. The van der Waals surface area contributed by atoms with Crippen LogP contribution in [0.3, 0.4) is 0 Å². The maximum Gasteiger partial charge on any atom is 0.311 e. The van der Waals surface area contributed by atoms with E-state index in [2.05, 4.69) is 6.92 Å². The lowest BCUT2D eigenvalue weighted by atomic mass is 9.58. The van der Waals surface area contributed by atoms with Crippen LogP contribution in [-0.2, 0) is 24.0 Å². The Bertz CT molecular complexity index is 452. The fourth-order valence-corrected chi connectivity index (χ4v) is 4.76. The van der Waals surface area contributed by atoms with E-state index < -0.39 is 17.7 Å². The first-order valence-electron chi connectivity index (χ1n) is 7.71. The van der Waals surface area contributed by atoms with E-state index in [-0.39, 0.29) is 17.8 Å². The SMILES string of the molecule is C[C@@H]1CC[C@H]2[C@@H](C)C(=O)O[C@H]3O[C@]4(C)CC[C@H]1[C@]32OO4. The van der Waals surface area contributed by atoms with E-state index in [4.69, 9.17) is 19.2 Å². The molecule has 4 aliphatic heterocycles. The fraction of sp³-hybridized carbons (Fsp3) is 0.933. The van der Waals surface area contributed by atoms with Crippen LogP contribution < -0.4 is 0 Å². The predicted octanol–water partition coefficient (Wildman–Crippen LogP) is 2.39. The Balaban J connectivity index is 1.84. The number of carbonyl (C=O) groups excluding carboxylic acids is 1. The molecule has 5 aliphatic rings. The summed E-state index contributed by atoms with van der Waals surface area (Å²) in [6, 6.07) is 0. The highest BCUT2D eigenvalue weighted by molar-refractivity contribution is 5.74. The van der Waals surface area contributed by atoms with Crippen LogP contribution in [0.15, 0.2) is 0 Å². The summed E-state index contributed by atoms with van der Waals surface area (Å²) in [6.45, 7) is 6.06. The predicted molar refractivity (Wildman–Crippen MR) is 68.0 cm³/mol. The molecule has 1 aliphatic carbocycles. The first-order valence-corrected chi connectivity index (χ1v) is 7.71. The van der Waals surface area contributed by atoms with Crippen LogP contribution in [0.25, 0.3) is 0 Å². The molecule has 5 heteroatoms. The maximum absolute atomic E-state index is 12.1. The lowest BCUT2D eigenvalue weighted by Crippen LogP contribution is -2.69. The summed E-state index contributed by atoms with van der Waals surface area (Å²) in [7, 11) is 0. The van der Waals surface area contributed by atoms with Gasteiger partial charge in [0.15, 0.2) is 5.60 Å². The first-order chi connectivity index (χ1) is 9.46. The van der Waals surface area contributed by atoms with Gasteiger partial charge in [-0.3, -0.25) is 4.79 Å². The molecule has 5 rings (SSSR count). The zero-order valence-electron chi connectivity index (χ0n) is 12.3. The molecule has 1 saturated carbocycles. The van der Waals surface area contributed by atoms with E-state index in [0.717, 1.165) is 25.7 Å². The van der Waals surface area contributed by atoms with Gasteiger partial charge in [-0.25, -0.2) is 9.78 Å². The molecule has 0 aromatic carbocycles. The summed E-state index contributed by atoms with van der Waals surface area (Å²) < 4.78 is 11.6. The number of hydrogen-bond donors (Lipinski definition) is 0. The fourth-order valence-electron chi connectivity index (χ4n) is 4.76. The quantitative estimate of drug-likeness (QED) is 0.504. The number of ether oxygens (including phenoxy) is 2. The molecule has 5 fully saturated rings. The Hall–Kier alpha value is -0.650. The second kappa shape index (κ2) is 3.96. The standard InChI is InChI=1S/C15H22O5/c1-8-4-5-11-9(2)12(16)17-13-15(11)10(8)6-7-14(3,18-13)19-20-15/h8-11,13H,4-7H2,1-3H3/t8-,9-,10-,11+,13+,14+,15-/m1/s1. The van der Waals surface area contributed by atoms with Crippen molar-refractivity contribution in [2.75, 3.05) is 0 Å². The van der Waals surface area contributed by atoms with Crippen molar-refractivity contribution in [1.29, 1.82) is 0 Å². The third-order valence-corrected chi connectivity index (χ3v) is 5.97. The highest BCUT2D eigenvalue weighted by atomic mass is 17.3. The summed E-state index contributed by atoms with van der Waals surface area (Å²) >= 11 is 0. The average Bonchev–Trinajstić information content (AvgIpc) is 2.63. The average molecular weight is 282 g/mol. The van der Waals surface area contributed by atoms with Crippen LogP contribution in [0.4, 0.5) is 0 Å². The molecule has 0 aromatic rings. The zero-order valence-corrected chi connectivity index (χ0v) is 12.3. The molecule has 0 amide bonds. The van der Waals surface area contributed by atoms with Gasteiger partial charge in [0, 0.05) is 18.3 Å². The lowest BCUT2D eigenvalue weighted by molar-refractivity contribution is -0.559. The van der Waals surface area contributed by atoms with Crippen molar-refractivity contribution in [2.45, 2.75) is 64.1 Å². The molecule has 5 nitrogen and oxygen atoms in total. The minimum atomic E-state index is -0.793. The molecule has 4 saturated heterocycles. The summed E-state index contributed by atoms with van der Waals surface area (Å²) in [6.07, 6.45) is 3.24. The zero-order chi connectivity index (χ0) is 14.1. The van der Waals surface area contributed by atoms with Crippen LogP contribution in [0, 0.1) is 23.7 Å². The van der Waals surface area contributed by atoms with Crippen LogP contribution in [0.1, 0.15) is 46.5 Å². The summed E-state index contributed by atoms with van der Waals surface area (Å²) in [5.74, 6) is -0.137. The number of esters is 1. The Morgan fingerprint density at radius 1 is 1.10 bits per heavy atom. The van der Waals surface area contributed by atoms with Crippen LogP contribution in [0.5, 0.6) is 0 Å². The van der Waals surface area contributed by atoms with Gasteiger partial charge in [0.2, 0.25) is 12.1 Å². The summed E-state index contributed by atoms with van der Waals surface area (Å²) in [5, 5.41) is 0. The monoisotopic (exact) mass is 282 g/mol. The van der Waals surface area contributed by atoms with Crippen LogP contribution >= 0.6 is 0 Å². The van der Waals surface area contributed by atoms with E-state index in [1.165, 1.54) is 0 Å². The van der Waals surface area contributed by atoms with Crippen molar-refractivity contribution in [3.05, 3.63) is 0 Å². The normalized spacial score (nSPS) is 57.8. The molecule has 4 heterocycles. The van der Waals surface area contributed by atoms with E-state index in [0.29, 0.717) is 11.8 Å². The van der Waals surface area contributed by atoms with Gasteiger partial charge in [0.1, 0.15) is 0 Å². The van der Waals surface area contributed by atoms with Crippen molar-refractivity contribution < 1.29 is 24.0 Å². The summed E-state index contributed by atoms with van der Waals surface area (Å²) in [4.78, 5) is 23.7. The number of hydrogen-bond acceptors (Lipinski definition) is 5. The molecular formula is C15H22O5. The van der Waals surface area contributed by atoms with Gasteiger partial charge in [-0.15, -0.1) is 0 Å². The van der Waals surface area contributed by atoms with Gasteiger partial charge in [-0.1, -0.05) is 13.8 Å². The Morgan fingerprint density at radius 3 is 2.70 bits per heavy atom. The van der Waals surface area contributed by atoms with E-state index in [9.17, 15) is 4.79 Å².